The predicted octanol–water partition coefficient (Wildman–Crippen LogP) is 3.26. The Bertz CT molecular complexity index is 751. The fourth-order valence-corrected chi connectivity index (χ4v) is 1.97. The number of carbonyl (C=O) groups is 1. The van der Waals surface area contributed by atoms with Crippen LogP contribution in [0.1, 0.15) is 10.4 Å². The number of hydrogen-bond acceptors (Lipinski definition) is 2. The molecule has 0 atom stereocenters. The van der Waals surface area contributed by atoms with Gasteiger partial charge in [0.25, 0.3) is 5.91 Å². The van der Waals surface area contributed by atoms with Crippen LogP contribution in [0.15, 0.2) is 67.3 Å². The van der Waals surface area contributed by atoms with E-state index in [9.17, 15) is 9.18 Å². The van der Waals surface area contributed by atoms with Gasteiger partial charge in [-0.2, -0.15) is 0 Å². The van der Waals surface area contributed by atoms with E-state index < -0.39 is 11.7 Å². The van der Waals surface area contributed by atoms with Crippen molar-refractivity contribution in [2.45, 2.75) is 0 Å². The topological polar surface area (TPSA) is 46.9 Å². The van der Waals surface area contributed by atoms with Crippen LogP contribution >= 0.6 is 0 Å². The summed E-state index contributed by atoms with van der Waals surface area (Å²) in [5.74, 6) is -1.01. The summed E-state index contributed by atoms with van der Waals surface area (Å²) >= 11 is 0. The molecule has 0 spiro atoms. The molecule has 0 bridgehead atoms. The van der Waals surface area contributed by atoms with Crippen LogP contribution in [0.3, 0.4) is 0 Å². The van der Waals surface area contributed by atoms with Gasteiger partial charge in [-0.15, -0.1) is 0 Å². The van der Waals surface area contributed by atoms with Crippen LogP contribution in [0.2, 0.25) is 0 Å². The first-order valence-corrected chi connectivity index (χ1v) is 6.38. The third-order valence-corrected chi connectivity index (χ3v) is 3.05. The molecule has 0 aliphatic heterocycles. The molecule has 2 aromatic carbocycles. The summed E-state index contributed by atoms with van der Waals surface area (Å²) in [6.45, 7) is 0. The van der Waals surface area contributed by atoms with Crippen molar-refractivity contribution in [3.63, 3.8) is 0 Å². The van der Waals surface area contributed by atoms with Crippen molar-refractivity contribution < 1.29 is 9.18 Å². The van der Waals surface area contributed by atoms with Crippen molar-refractivity contribution in [3.05, 3.63) is 78.6 Å². The number of halogens is 1. The molecule has 3 aromatic rings. The van der Waals surface area contributed by atoms with Gasteiger partial charge in [-0.3, -0.25) is 4.79 Å². The Morgan fingerprint density at radius 3 is 2.52 bits per heavy atom. The van der Waals surface area contributed by atoms with Gasteiger partial charge in [-0.05, 0) is 36.4 Å². The number of anilines is 1. The first kappa shape index (κ1) is 13.1. The second kappa shape index (κ2) is 5.58. The van der Waals surface area contributed by atoms with Crippen LogP contribution in [0, 0.1) is 5.82 Å². The van der Waals surface area contributed by atoms with E-state index in [1.165, 1.54) is 12.1 Å². The fourth-order valence-electron chi connectivity index (χ4n) is 1.97. The SMILES string of the molecule is O=C(Nc1ccc(-n2ccnc2)cc1)c1ccccc1F. The first-order chi connectivity index (χ1) is 10.2. The minimum absolute atomic E-state index is 0.0242. The molecule has 0 fully saturated rings. The summed E-state index contributed by atoms with van der Waals surface area (Å²) in [5.41, 5.74) is 1.56. The van der Waals surface area contributed by atoms with Crippen molar-refractivity contribution in [2.24, 2.45) is 0 Å². The molecule has 1 N–H and O–H groups in total. The van der Waals surface area contributed by atoms with Gasteiger partial charge in [0.15, 0.2) is 0 Å². The summed E-state index contributed by atoms with van der Waals surface area (Å²) in [5, 5.41) is 2.67. The van der Waals surface area contributed by atoms with E-state index in [-0.39, 0.29) is 5.56 Å². The predicted molar refractivity (Wildman–Crippen MR) is 77.9 cm³/mol. The summed E-state index contributed by atoms with van der Waals surface area (Å²) in [4.78, 5) is 16.0. The molecule has 0 saturated heterocycles. The molecule has 5 heteroatoms. The molecule has 1 heterocycles. The van der Waals surface area contributed by atoms with Crippen molar-refractivity contribution in [1.82, 2.24) is 9.55 Å². The molecule has 0 aliphatic rings. The van der Waals surface area contributed by atoms with E-state index in [1.54, 1.807) is 36.8 Å². The average Bonchev–Trinajstić information content (AvgIpc) is 3.02. The Labute approximate surface area is 120 Å². The number of nitrogens with one attached hydrogen (secondary N) is 1. The van der Waals surface area contributed by atoms with E-state index in [2.05, 4.69) is 10.3 Å². The van der Waals surface area contributed by atoms with E-state index in [1.807, 2.05) is 22.9 Å². The molecule has 0 radical (unpaired) electrons. The average molecular weight is 281 g/mol. The number of nitrogens with zero attached hydrogens (tertiary/aromatic N) is 2. The van der Waals surface area contributed by atoms with E-state index in [0.29, 0.717) is 5.69 Å². The third-order valence-electron chi connectivity index (χ3n) is 3.05. The first-order valence-electron chi connectivity index (χ1n) is 6.38. The minimum atomic E-state index is -0.537. The van der Waals surface area contributed by atoms with Gasteiger partial charge in [0, 0.05) is 23.8 Å². The number of rotatable bonds is 3. The Morgan fingerprint density at radius 2 is 1.86 bits per heavy atom. The van der Waals surface area contributed by atoms with Crippen molar-refractivity contribution in [1.29, 1.82) is 0 Å². The second-order valence-electron chi connectivity index (χ2n) is 4.45. The largest absolute Gasteiger partial charge is 0.322 e. The number of benzene rings is 2. The highest BCUT2D eigenvalue weighted by Crippen LogP contribution is 2.15. The quantitative estimate of drug-likeness (QED) is 0.801. The van der Waals surface area contributed by atoms with E-state index in [0.717, 1.165) is 5.69 Å². The molecule has 1 amide bonds. The maximum absolute atomic E-state index is 13.5. The number of aromatic nitrogens is 2. The smallest absolute Gasteiger partial charge is 0.258 e. The normalized spacial score (nSPS) is 10.3. The maximum Gasteiger partial charge on any atom is 0.258 e. The van der Waals surface area contributed by atoms with Crippen LogP contribution in [-0.2, 0) is 0 Å². The lowest BCUT2D eigenvalue weighted by Gasteiger charge is -2.07. The molecule has 21 heavy (non-hydrogen) atoms. The summed E-state index contributed by atoms with van der Waals surface area (Å²) < 4.78 is 15.4. The molecule has 3 rings (SSSR count). The molecule has 104 valence electrons. The van der Waals surface area contributed by atoms with Gasteiger partial charge in [0.05, 0.1) is 11.9 Å². The zero-order valence-electron chi connectivity index (χ0n) is 11.0. The number of imidazole rings is 1. The Morgan fingerprint density at radius 1 is 1.10 bits per heavy atom. The maximum atomic E-state index is 13.5. The highest BCUT2D eigenvalue weighted by Gasteiger charge is 2.10. The Kier molecular flexibility index (Phi) is 3.47. The van der Waals surface area contributed by atoms with Crippen LogP contribution in [0.4, 0.5) is 10.1 Å². The molecular formula is C16H12FN3O. The Balaban J connectivity index is 1.77. The van der Waals surface area contributed by atoms with Gasteiger partial charge in [-0.1, -0.05) is 12.1 Å². The Hall–Kier alpha value is -2.95. The van der Waals surface area contributed by atoms with Crippen LogP contribution in [0.5, 0.6) is 0 Å². The molecule has 4 nitrogen and oxygen atoms in total. The van der Waals surface area contributed by atoms with Crippen molar-refractivity contribution in [2.75, 3.05) is 5.32 Å². The van der Waals surface area contributed by atoms with Gasteiger partial charge in [-0.25, -0.2) is 9.37 Å². The minimum Gasteiger partial charge on any atom is -0.322 e. The number of amides is 1. The lowest BCUT2D eigenvalue weighted by molar-refractivity contribution is 0.102. The highest BCUT2D eigenvalue weighted by molar-refractivity contribution is 6.04. The van der Waals surface area contributed by atoms with E-state index in [4.69, 9.17) is 0 Å². The van der Waals surface area contributed by atoms with Crippen molar-refractivity contribution in [3.8, 4) is 5.69 Å². The molecule has 1 aromatic heterocycles. The lowest BCUT2D eigenvalue weighted by Crippen LogP contribution is -2.13. The molecule has 0 aliphatic carbocycles. The molecule has 0 saturated carbocycles. The summed E-state index contributed by atoms with van der Waals surface area (Å²) in [7, 11) is 0. The second-order valence-corrected chi connectivity index (χ2v) is 4.45. The number of hydrogen-bond donors (Lipinski definition) is 1. The van der Waals surface area contributed by atoms with Gasteiger partial charge in [0.2, 0.25) is 0 Å². The van der Waals surface area contributed by atoms with Gasteiger partial charge in [0.1, 0.15) is 5.82 Å². The standard InChI is InChI=1S/C16H12FN3O/c17-15-4-2-1-3-14(15)16(21)19-12-5-7-13(8-6-12)20-10-9-18-11-20/h1-11H,(H,19,21). The number of carbonyl (C=O) groups excluding carboxylic acids is 1. The third kappa shape index (κ3) is 2.81. The lowest BCUT2D eigenvalue weighted by atomic mass is 10.2. The van der Waals surface area contributed by atoms with Gasteiger partial charge >= 0.3 is 0 Å². The van der Waals surface area contributed by atoms with Gasteiger partial charge < -0.3 is 9.88 Å². The van der Waals surface area contributed by atoms with Crippen LogP contribution in [-0.4, -0.2) is 15.5 Å². The summed E-state index contributed by atoms with van der Waals surface area (Å²) in [6, 6.07) is 13.1. The zero-order chi connectivity index (χ0) is 14.7. The molecule has 0 unspecified atom stereocenters. The summed E-state index contributed by atoms with van der Waals surface area (Å²) in [6.07, 6.45) is 5.20. The highest BCUT2D eigenvalue weighted by atomic mass is 19.1. The fraction of sp³-hybridized carbons (Fsp3) is 0. The van der Waals surface area contributed by atoms with Crippen LogP contribution < -0.4 is 5.32 Å². The monoisotopic (exact) mass is 281 g/mol. The van der Waals surface area contributed by atoms with Crippen molar-refractivity contribution >= 4 is 11.6 Å². The zero-order valence-corrected chi connectivity index (χ0v) is 11.0. The molecular weight excluding hydrogens is 269 g/mol. The van der Waals surface area contributed by atoms with Crippen LogP contribution in [0.25, 0.3) is 5.69 Å². The van der Waals surface area contributed by atoms with E-state index >= 15 is 0 Å².